The minimum Gasteiger partial charge on any atom is -0.492 e. The van der Waals surface area contributed by atoms with E-state index in [1.165, 1.54) is 5.01 Å². The van der Waals surface area contributed by atoms with Crippen LogP contribution in [-0.4, -0.2) is 35.5 Å². The van der Waals surface area contributed by atoms with Crippen LogP contribution < -0.4 is 4.74 Å². The predicted molar refractivity (Wildman–Crippen MR) is 94.5 cm³/mol. The summed E-state index contributed by atoms with van der Waals surface area (Å²) in [6.07, 6.45) is 2.83. The second-order valence-corrected chi connectivity index (χ2v) is 7.64. The molecule has 0 radical (unpaired) electrons. The van der Waals surface area contributed by atoms with Gasteiger partial charge in [0, 0.05) is 30.1 Å². The minimum absolute atomic E-state index is 0.0430. The van der Waals surface area contributed by atoms with Gasteiger partial charge in [0.1, 0.15) is 12.4 Å². The van der Waals surface area contributed by atoms with Crippen molar-refractivity contribution in [2.24, 2.45) is 5.92 Å². The fourth-order valence-electron chi connectivity index (χ4n) is 3.65. The summed E-state index contributed by atoms with van der Waals surface area (Å²) in [6.45, 7) is 4.21. The summed E-state index contributed by atoms with van der Waals surface area (Å²) in [6, 6.07) is 8.03. The summed E-state index contributed by atoms with van der Waals surface area (Å²) >= 11 is 1.75. The van der Waals surface area contributed by atoms with Gasteiger partial charge >= 0.3 is 0 Å². The SMILES string of the molecule is Cc1csc(C2CCN(C(=O)[C@H]3COc4ccccc4C3)CC2)n1. The topological polar surface area (TPSA) is 42.4 Å². The lowest BCUT2D eigenvalue weighted by atomic mass is 9.92. The van der Waals surface area contributed by atoms with E-state index in [0.29, 0.717) is 12.5 Å². The summed E-state index contributed by atoms with van der Waals surface area (Å²) in [5, 5.41) is 3.35. The van der Waals surface area contributed by atoms with Crippen molar-refractivity contribution in [3.8, 4) is 5.75 Å². The van der Waals surface area contributed by atoms with Gasteiger partial charge in [-0.1, -0.05) is 18.2 Å². The average molecular weight is 342 g/mol. The first-order valence-corrected chi connectivity index (χ1v) is 9.50. The monoisotopic (exact) mass is 342 g/mol. The number of aryl methyl sites for hydroxylation is 1. The van der Waals surface area contributed by atoms with Gasteiger partial charge in [-0.3, -0.25) is 4.79 Å². The molecule has 1 atom stereocenters. The molecule has 0 N–H and O–H groups in total. The highest BCUT2D eigenvalue weighted by Crippen LogP contribution is 2.32. The molecular weight excluding hydrogens is 320 g/mol. The van der Waals surface area contributed by atoms with Gasteiger partial charge in [0.15, 0.2) is 0 Å². The second kappa shape index (κ2) is 6.55. The van der Waals surface area contributed by atoms with E-state index in [1.54, 1.807) is 11.3 Å². The van der Waals surface area contributed by atoms with E-state index in [4.69, 9.17) is 4.74 Å². The molecule has 24 heavy (non-hydrogen) atoms. The van der Waals surface area contributed by atoms with Gasteiger partial charge in [0.05, 0.1) is 10.9 Å². The van der Waals surface area contributed by atoms with Crippen LogP contribution in [0.1, 0.15) is 35.0 Å². The summed E-state index contributed by atoms with van der Waals surface area (Å²) in [5.41, 5.74) is 2.25. The molecule has 2 aromatic rings. The molecule has 4 rings (SSSR count). The summed E-state index contributed by atoms with van der Waals surface area (Å²) in [5.74, 6) is 1.65. The van der Waals surface area contributed by atoms with Crippen LogP contribution in [0, 0.1) is 12.8 Å². The Labute approximate surface area is 146 Å². The fraction of sp³-hybridized carbons (Fsp3) is 0.474. The van der Waals surface area contributed by atoms with Crippen molar-refractivity contribution < 1.29 is 9.53 Å². The molecule has 1 aromatic heterocycles. The van der Waals surface area contributed by atoms with Crippen molar-refractivity contribution >= 4 is 17.2 Å². The van der Waals surface area contributed by atoms with Gasteiger partial charge in [0.25, 0.3) is 0 Å². The molecule has 3 heterocycles. The van der Waals surface area contributed by atoms with E-state index in [0.717, 1.165) is 49.4 Å². The van der Waals surface area contributed by atoms with E-state index >= 15 is 0 Å². The zero-order valence-corrected chi connectivity index (χ0v) is 14.7. The number of hydrogen-bond acceptors (Lipinski definition) is 4. The Bertz CT molecular complexity index is 734. The number of ether oxygens (including phenoxy) is 1. The van der Waals surface area contributed by atoms with E-state index < -0.39 is 0 Å². The van der Waals surface area contributed by atoms with Crippen LogP contribution in [-0.2, 0) is 11.2 Å². The van der Waals surface area contributed by atoms with Gasteiger partial charge in [-0.2, -0.15) is 0 Å². The van der Waals surface area contributed by atoms with E-state index in [9.17, 15) is 4.79 Å². The second-order valence-electron chi connectivity index (χ2n) is 6.75. The maximum atomic E-state index is 12.8. The molecule has 5 heteroatoms. The van der Waals surface area contributed by atoms with E-state index in [-0.39, 0.29) is 11.8 Å². The molecule has 0 unspecified atom stereocenters. The van der Waals surface area contributed by atoms with Crippen LogP contribution >= 0.6 is 11.3 Å². The van der Waals surface area contributed by atoms with Crippen molar-refractivity contribution in [2.45, 2.75) is 32.1 Å². The van der Waals surface area contributed by atoms with Gasteiger partial charge in [0.2, 0.25) is 5.91 Å². The number of likely N-dealkylation sites (tertiary alicyclic amines) is 1. The first-order chi connectivity index (χ1) is 11.7. The van der Waals surface area contributed by atoms with E-state index in [1.807, 2.05) is 30.0 Å². The maximum Gasteiger partial charge on any atom is 0.229 e. The molecule has 2 aliphatic rings. The first kappa shape index (κ1) is 15.6. The smallest absolute Gasteiger partial charge is 0.229 e. The van der Waals surface area contributed by atoms with Crippen molar-refractivity contribution in [3.05, 3.63) is 45.9 Å². The van der Waals surface area contributed by atoms with Crippen LogP contribution in [0.15, 0.2) is 29.6 Å². The third-order valence-corrected chi connectivity index (χ3v) is 6.15. The highest BCUT2D eigenvalue weighted by molar-refractivity contribution is 7.09. The number of piperidine rings is 1. The Morgan fingerprint density at radius 3 is 2.83 bits per heavy atom. The van der Waals surface area contributed by atoms with Gasteiger partial charge < -0.3 is 9.64 Å². The number of fused-ring (bicyclic) bond motifs is 1. The number of benzene rings is 1. The van der Waals surface area contributed by atoms with Crippen LogP contribution in [0.3, 0.4) is 0 Å². The van der Waals surface area contributed by atoms with Crippen LogP contribution in [0.2, 0.25) is 0 Å². The molecule has 0 aliphatic carbocycles. The molecule has 4 nitrogen and oxygen atoms in total. The zero-order valence-electron chi connectivity index (χ0n) is 13.9. The van der Waals surface area contributed by atoms with Gasteiger partial charge in [-0.15, -0.1) is 11.3 Å². The number of nitrogens with zero attached hydrogens (tertiary/aromatic N) is 2. The molecule has 0 saturated carbocycles. The van der Waals surface area contributed by atoms with Crippen molar-refractivity contribution in [3.63, 3.8) is 0 Å². The molecule has 1 saturated heterocycles. The highest BCUT2D eigenvalue weighted by atomic mass is 32.1. The average Bonchev–Trinajstić information content (AvgIpc) is 3.07. The molecule has 0 spiro atoms. The van der Waals surface area contributed by atoms with Crippen LogP contribution in [0.4, 0.5) is 0 Å². The Morgan fingerprint density at radius 2 is 2.08 bits per heavy atom. The fourth-order valence-corrected chi connectivity index (χ4v) is 4.62. The number of thiazole rings is 1. The Kier molecular flexibility index (Phi) is 4.27. The third-order valence-electron chi connectivity index (χ3n) is 5.02. The quantitative estimate of drug-likeness (QED) is 0.840. The number of carbonyl (C=O) groups is 1. The Morgan fingerprint density at radius 1 is 1.29 bits per heavy atom. The standard InChI is InChI=1S/C19H22N2O2S/c1-13-12-24-18(20-13)14-6-8-21(9-7-14)19(22)16-10-15-4-2-3-5-17(15)23-11-16/h2-5,12,14,16H,6-11H2,1H3/t16-/m1/s1. The zero-order chi connectivity index (χ0) is 16.5. The summed E-state index contributed by atoms with van der Waals surface area (Å²) in [4.78, 5) is 19.5. The number of hydrogen-bond donors (Lipinski definition) is 0. The molecule has 1 aromatic carbocycles. The molecule has 1 amide bonds. The summed E-state index contributed by atoms with van der Waals surface area (Å²) < 4.78 is 5.79. The molecule has 2 aliphatic heterocycles. The molecule has 1 fully saturated rings. The van der Waals surface area contributed by atoms with Crippen molar-refractivity contribution in [1.82, 2.24) is 9.88 Å². The molecule has 126 valence electrons. The van der Waals surface area contributed by atoms with Crippen LogP contribution in [0.25, 0.3) is 0 Å². The lowest BCUT2D eigenvalue weighted by Gasteiger charge is -2.35. The molecule has 0 bridgehead atoms. The lowest BCUT2D eigenvalue weighted by Crippen LogP contribution is -2.44. The normalized spacial score (nSPS) is 21.2. The Hall–Kier alpha value is -1.88. The highest BCUT2D eigenvalue weighted by Gasteiger charge is 2.32. The number of amides is 1. The number of rotatable bonds is 2. The number of carbonyl (C=O) groups excluding carboxylic acids is 1. The number of para-hydroxylation sites is 1. The van der Waals surface area contributed by atoms with E-state index in [2.05, 4.69) is 16.4 Å². The van der Waals surface area contributed by atoms with Crippen LogP contribution in [0.5, 0.6) is 5.75 Å². The maximum absolute atomic E-state index is 12.8. The van der Waals surface area contributed by atoms with Crippen molar-refractivity contribution in [1.29, 1.82) is 0 Å². The minimum atomic E-state index is -0.0430. The predicted octanol–water partition coefficient (Wildman–Crippen LogP) is 3.41. The summed E-state index contributed by atoms with van der Waals surface area (Å²) in [7, 11) is 0. The third kappa shape index (κ3) is 3.05. The van der Waals surface area contributed by atoms with Gasteiger partial charge in [-0.05, 0) is 37.8 Å². The first-order valence-electron chi connectivity index (χ1n) is 8.62. The lowest BCUT2D eigenvalue weighted by molar-refractivity contribution is -0.138. The molecular formula is C19H22N2O2S. The number of aromatic nitrogens is 1. The largest absolute Gasteiger partial charge is 0.492 e. The van der Waals surface area contributed by atoms with Gasteiger partial charge in [-0.25, -0.2) is 4.98 Å². The van der Waals surface area contributed by atoms with Crippen molar-refractivity contribution in [2.75, 3.05) is 19.7 Å². The Balaban J connectivity index is 1.37.